The highest BCUT2D eigenvalue weighted by atomic mass is 35.5. The summed E-state index contributed by atoms with van der Waals surface area (Å²) in [4.78, 5) is 7.85. The molecule has 0 saturated heterocycles. The Morgan fingerprint density at radius 2 is 1.67 bits per heavy atom. The second-order valence-corrected chi connectivity index (χ2v) is 8.83. The minimum absolute atomic E-state index is 0.152. The van der Waals surface area contributed by atoms with Crippen LogP contribution < -0.4 is 4.74 Å². The number of hydrogen-bond donors (Lipinski definition) is 1. The van der Waals surface area contributed by atoms with Crippen molar-refractivity contribution in [3.8, 4) is 5.75 Å². The summed E-state index contributed by atoms with van der Waals surface area (Å²) in [6.45, 7) is 1.74. The van der Waals surface area contributed by atoms with E-state index in [1.807, 2.05) is 78.9 Å². The van der Waals surface area contributed by atoms with Crippen molar-refractivity contribution in [2.45, 2.75) is 25.2 Å². The van der Waals surface area contributed by atoms with Crippen LogP contribution in [-0.2, 0) is 11.4 Å². The van der Waals surface area contributed by atoms with Crippen molar-refractivity contribution < 1.29 is 14.7 Å². The minimum atomic E-state index is -0.682. The third-order valence-corrected chi connectivity index (χ3v) is 6.08. The predicted octanol–water partition coefficient (Wildman–Crippen LogP) is 5.43. The molecular formula is C26H26Cl2N2O3. The van der Waals surface area contributed by atoms with Gasteiger partial charge in [-0.1, -0.05) is 83.0 Å². The average molecular weight is 485 g/mol. The van der Waals surface area contributed by atoms with Gasteiger partial charge in [-0.05, 0) is 29.8 Å². The molecule has 0 radical (unpaired) electrons. The molecule has 0 aliphatic carbocycles. The molecule has 0 aromatic heterocycles. The lowest BCUT2D eigenvalue weighted by Crippen LogP contribution is -2.39. The molecule has 0 saturated carbocycles. The van der Waals surface area contributed by atoms with E-state index in [0.717, 1.165) is 22.6 Å². The Hall–Kier alpha value is -2.57. The summed E-state index contributed by atoms with van der Waals surface area (Å²) in [5, 5.41) is 16.3. The number of aliphatic hydroxyl groups is 1. The summed E-state index contributed by atoms with van der Waals surface area (Å²) in [7, 11) is 0. The number of hydrogen-bond acceptors (Lipinski definition) is 5. The second kappa shape index (κ2) is 11.5. The molecule has 5 nitrogen and oxygen atoms in total. The SMILES string of the molecule is O[C@@H](COc1ccccc1)CN(Cc1ccccc1Cl)C[C@H]1CC(c2ccccc2Cl)=NO1. The van der Waals surface area contributed by atoms with Crippen molar-refractivity contribution >= 4 is 28.9 Å². The molecule has 0 bridgehead atoms. The van der Waals surface area contributed by atoms with Gasteiger partial charge in [0.25, 0.3) is 0 Å². The summed E-state index contributed by atoms with van der Waals surface area (Å²) in [6.07, 6.45) is -0.196. The fraction of sp³-hybridized carbons (Fsp3) is 0.269. The van der Waals surface area contributed by atoms with Crippen LogP contribution in [0, 0.1) is 0 Å². The molecule has 0 fully saturated rings. The molecular weight excluding hydrogens is 459 g/mol. The van der Waals surface area contributed by atoms with Gasteiger partial charge in [-0.3, -0.25) is 4.90 Å². The van der Waals surface area contributed by atoms with E-state index in [1.54, 1.807) is 0 Å². The smallest absolute Gasteiger partial charge is 0.145 e. The molecule has 3 aromatic carbocycles. The van der Waals surface area contributed by atoms with E-state index in [9.17, 15) is 5.11 Å². The first kappa shape index (κ1) is 23.6. The van der Waals surface area contributed by atoms with Crippen molar-refractivity contribution in [1.29, 1.82) is 0 Å². The lowest BCUT2D eigenvalue weighted by molar-refractivity contribution is 0.0213. The minimum Gasteiger partial charge on any atom is -0.491 e. The standard InChI is InChI=1S/C26H26Cl2N2O3/c27-24-12-6-4-8-19(24)15-30(16-20(31)18-32-21-9-2-1-3-10-21)17-22-14-26(29-33-22)23-11-5-7-13-25(23)28/h1-13,20,22,31H,14-18H2/t20-,22-/m1/s1. The third kappa shape index (κ3) is 6.71. The maximum absolute atomic E-state index is 10.7. The van der Waals surface area contributed by atoms with Gasteiger partial charge in [0.1, 0.15) is 24.6 Å². The Labute approximate surface area is 204 Å². The first-order valence-corrected chi connectivity index (χ1v) is 11.6. The number of rotatable bonds is 10. The van der Waals surface area contributed by atoms with Crippen LogP contribution in [0.2, 0.25) is 10.0 Å². The van der Waals surface area contributed by atoms with E-state index in [0.29, 0.717) is 36.1 Å². The second-order valence-electron chi connectivity index (χ2n) is 8.01. The fourth-order valence-electron chi connectivity index (χ4n) is 3.80. The molecule has 7 heteroatoms. The van der Waals surface area contributed by atoms with Crippen LogP contribution in [0.15, 0.2) is 84.0 Å². The highest BCUT2D eigenvalue weighted by Gasteiger charge is 2.27. The molecule has 0 amide bonds. The van der Waals surface area contributed by atoms with Gasteiger partial charge in [-0.2, -0.15) is 0 Å². The molecule has 33 heavy (non-hydrogen) atoms. The number of ether oxygens (including phenoxy) is 1. The number of benzene rings is 3. The molecule has 3 aromatic rings. The zero-order valence-electron chi connectivity index (χ0n) is 18.1. The van der Waals surface area contributed by atoms with Crippen LogP contribution in [-0.4, -0.2) is 47.6 Å². The largest absolute Gasteiger partial charge is 0.491 e. The van der Waals surface area contributed by atoms with Gasteiger partial charge in [0, 0.05) is 41.7 Å². The number of aliphatic hydroxyl groups excluding tert-OH is 1. The van der Waals surface area contributed by atoms with Gasteiger partial charge in [-0.25, -0.2) is 0 Å². The predicted molar refractivity (Wildman–Crippen MR) is 132 cm³/mol. The Bertz CT molecular complexity index is 1080. The van der Waals surface area contributed by atoms with Gasteiger partial charge in [0.2, 0.25) is 0 Å². The summed E-state index contributed by atoms with van der Waals surface area (Å²) < 4.78 is 5.73. The average Bonchev–Trinajstić information content (AvgIpc) is 3.28. The molecule has 0 spiro atoms. The molecule has 1 heterocycles. The zero-order valence-corrected chi connectivity index (χ0v) is 19.6. The monoisotopic (exact) mass is 484 g/mol. The number of oxime groups is 1. The molecule has 1 N–H and O–H groups in total. The Balaban J connectivity index is 1.39. The lowest BCUT2D eigenvalue weighted by atomic mass is 10.0. The van der Waals surface area contributed by atoms with Crippen LogP contribution in [0.1, 0.15) is 17.5 Å². The van der Waals surface area contributed by atoms with Crippen LogP contribution in [0.25, 0.3) is 0 Å². The maximum Gasteiger partial charge on any atom is 0.145 e. The number of nitrogens with zero attached hydrogens (tertiary/aromatic N) is 2. The van der Waals surface area contributed by atoms with Gasteiger partial charge in [0.05, 0.1) is 5.71 Å². The van der Waals surface area contributed by atoms with Gasteiger partial charge in [0.15, 0.2) is 0 Å². The molecule has 0 unspecified atom stereocenters. The summed E-state index contributed by atoms with van der Waals surface area (Å²) in [6, 6.07) is 24.8. The molecule has 1 aliphatic rings. The van der Waals surface area contributed by atoms with Crippen LogP contribution in [0.3, 0.4) is 0 Å². The maximum atomic E-state index is 10.7. The van der Waals surface area contributed by atoms with Crippen molar-refractivity contribution in [1.82, 2.24) is 4.90 Å². The first-order valence-electron chi connectivity index (χ1n) is 10.9. The number of halogens is 2. The van der Waals surface area contributed by atoms with Crippen molar-refractivity contribution in [3.05, 3.63) is 100 Å². The summed E-state index contributed by atoms with van der Waals surface area (Å²) in [5.41, 5.74) is 2.70. The van der Waals surface area contributed by atoms with Crippen LogP contribution in [0.4, 0.5) is 0 Å². The van der Waals surface area contributed by atoms with Crippen LogP contribution >= 0.6 is 23.2 Å². The van der Waals surface area contributed by atoms with E-state index in [1.165, 1.54) is 0 Å². The number of para-hydroxylation sites is 1. The summed E-state index contributed by atoms with van der Waals surface area (Å²) >= 11 is 12.7. The van der Waals surface area contributed by atoms with Gasteiger partial charge >= 0.3 is 0 Å². The Morgan fingerprint density at radius 3 is 2.42 bits per heavy atom. The van der Waals surface area contributed by atoms with Gasteiger partial charge in [-0.15, -0.1) is 0 Å². The third-order valence-electron chi connectivity index (χ3n) is 5.39. The lowest BCUT2D eigenvalue weighted by Gasteiger charge is -2.27. The van der Waals surface area contributed by atoms with E-state index in [4.69, 9.17) is 32.8 Å². The molecule has 1 aliphatic heterocycles. The Morgan fingerprint density at radius 1 is 0.970 bits per heavy atom. The normalized spacial score (nSPS) is 16.4. The molecule has 2 atom stereocenters. The fourth-order valence-corrected chi connectivity index (χ4v) is 4.24. The van der Waals surface area contributed by atoms with Crippen LogP contribution in [0.5, 0.6) is 5.75 Å². The van der Waals surface area contributed by atoms with Crippen molar-refractivity contribution in [3.63, 3.8) is 0 Å². The zero-order chi connectivity index (χ0) is 23.0. The van der Waals surface area contributed by atoms with E-state index < -0.39 is 6.10 Å². The van der Waals surface area contributed by atoms with E-state index in [-0.39, 0.29) is 12.7 Å². The molecule has 172 valence electrons. The highest BCUT2D eigenvalue weighted by molar-refractivity contribution is 6.34. The topological polar surface area (TPSA) is 54.3 Å². The highest BCUT2D eigenvalue weighted by Crippen LogP contribution is 2.24. The van der Waals surface area contributed by atoms with E-state index >= 15 is 0 Å². The summed E-state index contributed by atoms with van der Waals surface area (Å²) in [5.74, 6) is 0.728. The quantitative estimate of drug-likeness (QED) is 0.416. The Kier molecular flexibility index (Phi) is 8.24. The van der Waals surface area contributed by atoms with Crippen molar-refractivity contribution in [2.24, 2.45) is 5.16 Å². The van der Waals surface area contributed by atoms with Gasteiger partial charge < -0.3 is 14.7 Å². The van der Waals surface area contributed by atoms with Crippen molar-refractivity contribution in [2.75, 3.05) is 19.7 Å². The molecule has 4 rings (SSSR count). The van der Waals surface area contributed by atoms with E-state index in [2.05, 4.69) is 10.1 Å². The first-order chi connectivity index (χ1) is 16.1.